The highest BCUT2D eigenvalue weighted by Gasteiger charge is 2.20. The lowest BCUT2D eigenvalue weighted by atomic mass is 9.93. The Morgan fingerprint density at radius 3 is 1.83 bits per heavy atom. The molecule has 0 N–H and O–H groups in total. The summed E-state index contributed by atoms with van der Waals surface area (Å²) in [6.45, 7) is 0. The number of benzene rings is 10. The van der Waals surface area contributed by atoms with Gasteiger partial charge in [-0.1, -0.05) is 152 Å². The number of anilines is 3. The van der Waals surface area contributed by atoms with Crippen molar-refractivity contribution in [2.45, 2.75) is 0 Å². The predicted octanol–water partition coefficient (Wildman–Crippen LogP) is 15.5. The van der Waals surface area contributed by atoms with Gasteiger partial charge in [0.05, 0.1) is 5.69 Å². The maximum Gasteiger partial charge on any atom is 0.0540 e. The molecule has 0 atom stereocenters. The van der Waals surface area contributed by atoms with Crippen molar-refractivity contribution in [3.05, 3.63) is 200 Å². The quantitative estimate of drug-likeness (QED) is 0.161. The van der Waals surface area contributed by atoms with Crippen LogP contribution in [0.3, 0.4) is 0 Å². The minimum Gasteiger partial charge on any atom is -0.310 e. The summed E-state index contributed by atoms with van der Waals surface area (Å²) in [4.78, 5) is 2.43. The molecule has 0 fully saturated rings. The third-order valence-electron chi connectivity index (χ3n) is 11.0. The Morgan fingerprint density at radius 1 is 0.315 bits per heavy atom. The van der Waals surface area contributed by atoms with Gasteiger partial charge in [0.1, 0.15) is 0 Å². The van der Waals surface area contributed by atoms with Gasteiger partial charge in [0.15, 0.2) is 0 Å². The number of thiophene rings is 1. The minimum absolute atomic E-state index is 1.13. The molecule has 0 spiro atoms. The van der Waals surface area contributed by atoms with Gasteiger partial charge in [-0.05, 0) is 108 Å². The monoisotopic (exact) mass is 703 g/mol. The number of hydrogen-bond donors (Lipinski definition) is 0. The summed E-state index contributed by atoms with van der Waals surface area (Å²) in [7, 11) is 0. The standard InChI is InChI=1S/C52H33NS/c1-2-15-38(16-3-1)53(49-30-29-46(45-19-8-9-20-47(45)49)44-22-10-14-34-12-4-7-18-41(34)44)39-27-31-50-48(33-39)52-43(21-11-23-51(52)54-50)37-26-28-42-36(32-37)25-24-35-13-5-6-17-40(35)42/h1-33H. The molecular weight excluding hydrogens is 671 g/mol. The van der Waals surface area contributed by atoms with Crippen molar-refractivity contribution < 1.29 is 0 Å². The van der Waals surface area contributed by atoms with Gasteiger partial charge in [-0.3, -0.25) is 0 Å². The smallest absolute Gasteiger partial charge is 0.0540 e. The first kappa shape index (κ1) is 30.8. The molecule has 1 nitrogen and oxygen atoms in total. The van der Waals surface area contributed by atoms with Crippen molar-refractivity contribution in [1.29, 1.82) is 0 Å². The number of fused-ring (bicyclic) bond motifs is 8. The molecule has 0 saturated heterocycles. The van der Waals surface area contributed by atoms with Crippen LogP contribution in [0, 0.1) is 0 Å². The Hall–Kier alpha value is -6.74. The lowest BCUT2D eigenvalue weighted by Gasteiger charge is -2.27. The summed E-state index contributed by atoms with van der Waals surface area (Å²) >= 11 is 1.87. The molecule has 1 heterocycles. The van der Waals surface area contributed by atoms with Crippen LogP contribution in [0.5, 0.6) is 0 Å². The second kappa shape index (κ2) is 12.4. The van der Waals surface area contributed by atoms with Gasteiger partial charge in [-0.25, -0.2) is 0 Å². The first-order valence-electron chi connectivity index (χ1n) is 18.5. The molecule has 54 heavy (non-hydrogen) atoms. The first-order chi connectivity index (χ1) is 26.8. The normalized spacial score (nSPS) is 11.7. The van der Waals surface area contributed by atoms with E-state index in [4.69, 9.17) is 0 Å². The molecule has 11 rings (SSSR count). The van der Waals surface area contributed by atoms with Gasteiger partial charge < -0.3 is 4.90 Å². The van der Waals surface area contributed by atoms with Crippen molar-refractivity contribution in [3.63, 3.8) is 0 Å². The SMILES string of the molecule is c1ccc(N(c2ccc3sc4cccc(-c5ccc6c(ccc7ccccc76)c5)c4c3c2)c2ccc(-c3cccc4ccccc34)c3ccccc23)cc1. The van der Waals surface area contributed by atoms with Gasteiger partial charge >= 0.3 is 0 Å². The van der Waals surface area contributed by atoms with Crippen LogP contribution in [0.4, 0.5) is 17.1 Å². The molecule has 0 amide bonds. The van der Waals surface area contributed by atoms with E-state index in [1.54, 1.807) is 0 Å². The van der Waals surface area contributed by atoms with Crippen LogP contribution < -0.4 is 4.90 Å². The average molecular weight is 704 g/mol. The third-order valence-corrected chi connectivity index (χ3v) is 12.2. The summed E-state index contributed by atoms with van der Waals surface area (Å²) in [5, 5.41) is 12.7. The van der Waals surface area contributed by atoms with Gasteiger partial charge in [0.2, 0.25) is 0 Å². The Labute approximate surface area is 317 Å². The second-order valence-electron chi connectivity index (χ2n) is 14.1. The molecule has 0 saturated carbocycles. The van der Waals surface area contributed by atoms with E-state index >= 15 is 0 Å². The molecule has 11 aromatic rings. The Balaban J connectivity index is 1.11. The van der Waals surface area contributed by atoms with E-state index in [1.807, 2.05) is 11.3 Å². The van der Waals surface area contributed by atoms with E-state index in [9.17, 15) is 0 Å². The van der Waals surface area contributed by atoms with Crippen LogP contribution in [-0.4, -0.2) is 0 Å². The van der Waals surface area contributed by atoms with Crippen LogP contribution in [0.15, 0.2) is 200 Å². The van der Waals surface area contributed by atoms with E-state index in [2.05, 4.69) is 205 Å². The molecule has 1 aromatic heterocycles. The van der Waals surface area contributed by atoms with Crippen LogP contribution >= 0.6 is 11.3 Å². The third kappa shape index (κ3) is 4.92. The van der Waals surface area contributed by atoms with Crippen molar-refractivity contribution in [2.24, 2.45) is 0 Å². The fraction of sp³-hybridized carbons (Fsp3) is 0. The maximum atomic E-state index is 2.43. The van der Waals surface area contributed by atoms with Gasteiger partial charge in [-0.2, -0.15) is 0 Å². The zero-order valence-corrected chi connectivity index (χ0v) is 30.2. The number of nitrogens with zero attached hydrogens (tertiary/aromatic N) is 1. The van der Waals surface area contributed by atoms with Crippen LogP contribution in [0.1, 0.15) is 0 Å². The molecule has 0 radical (unpaired) electrons. The summed E-state index contributed by atoms with van der Waals surface area (Å²) in [5.41, 5.74) is 8.42. The fourth-order valence-electron chi connectivity index (χ4n) is 8.55. The number of rotatable bonds is 5. The van der Waals surface area contributed by atoms with Gasteiger partial charge in [-0.15, -0.1) is 11.3 Å². The van der Waals surface area contributed by atoms with Crippen LogP contribution in [0.2, 0.25) is 0 Å². The van der Waals surface area contributed by atoms with Crippen LogP contribution in [-0.2, 0) is 0 Å². The average Bonchev–Trinajstić information content (AvgIpc) is 3.62. The number of para-hydroxylation sites is 1. The highest BCUT2D eigenvalue weighted by molar-refractivity contribution is 7.26. The van der Waals surface area contributed by atoms with Gasteiger partial charge in [0, 0.05) is 36.9 Å². The molecule has 0 bridgehead atoms. The second-order valence-corrected chi connectivity index (χ2v) is 15.1. The molecule has 0 unspecified atom stereocenters. The summed E-state index contributed by atoms with van der Waals surface area (Å²) in [5.74, 6) is 0. The molecule has 0 aliphatic rings. The zero-order valence-electron chi connectivity index (χ0n) is 29.4. The lowest BCUT2D eigenvalue weighted by molar-refractivity contribution is 1.30. The molecule has 2 heteroatoms. The maximum absolute atomic E-state index is 2.43. The molecule has 0 aliphatic heterocycles. The van der Waals surface area contributed by atoms with Crippen molar-refractivity contribution in [3.8, 4) is 22.3 Å². The Morgan fingerprint density at radius 2 is 0.963 bits per heavy atom. The van der Waals surface area contributed by atoms with Gasteiger partial charge in [0.25, 0.3) is 0 Å². The summed E-state index contributed by atoms with van der Waals surface area (Å²) in [6.07, 6.45) is 0. The largest absolute Gasteiger partial charge is 0.310 e. The minimum atomic E-state index is 1.13. The van der Waals surface area contributed by atoms with E-state index in [1.165, 1.54) is 85.5 Å². The zero-order chi connectivity index (χ0) is 35.6. The van der Waals surface area contributed by atoms with E-state index < -0.39 is 0 Å². The predicted molar refractivity (Wildman–Crippen MR) is 235 cm³/mol. The highest BCUT2D eigenvalue weighted by Crippen LogP contribution is 2.46. The summed E-state index contributed by atoms with van der Waals surface area (Å²) < 4.78 is 2.59. The Bertz CT molecular complexity index is 3220. The van der Waals surface area contributed by atoms with Crippen molar-refractivity contribution in [2.75, 3.05) is 4.90 Å². The van der Waals surface area contributed by atoms with E-state index in [0.29, 0.717) is 0 Å². The topological polar surface area (TPSA) is 3.24 Å². The fourth-order valence-corrected chi connectivity index (χ4v) is 9.67. The molecule has 0 aliphatic carbocycles. The lowest BCUT2D eigenvalue weighted by Crippen LogP contribution is -2.10. The van der Waals surface area contributed by atoms with Crippen molar-refractivity contribution >= 4 is 91.7 Å². The molecule has 10 aromatic carbocycles. The van der Waals surface area contributed by atoms with Crippen LogP contribution in [0.25, 0.3) is 85.5 Å². The van der Waals surface area contributed by atoms with E-state index in [-0.39, 0.29) is 0 Å². The summed E-state index contributed by atoms with van der Waals surface area (Å²) in [6, 6.07) is 73.5. The number of hydrogen-bond acceptors (Lipinski definition) is 2. The highest BCUT2D eigenvalue weighted by atomic mass is 32.1. The molecular formula is C52H33NS. The first-order valence-corrected chi connectivity index (χ1v) is 19.3. The Kier molecular flexibility index (Phi) is 7.11. The van der Waals surface area contributed by atoms with Crippen molar-refractivity contribution in [1.82, 2.24) is 0 Å². The molecule has 252 valence electrons. The van der Waals surface area contributed by atoms with E-state index in [0.717, 1.165) is 17.1 Å².